The molecule has 0 spiro atoms. The van der Waals surface area contributed by atoms with Crippen LogP contribution in [-0.2, 0) is 0 Å². The van der Waals surface area contributed by atoms with Crippen molar-refractivity contribution in [1.29, 1.82) is 10.5 Å². The van der Waals surface area contributed by atoms with E-state index >= 15 is 0 Å². The molecule has 3 aromatic rings. The molecule has 0 saturated carbocycles. The smallest absolute Gasteiger partial charge is 0.185 e. The lowest BCUT2D eigenvalue weighted by molar-refractivity contribution is 0.0951. The van der Waals surface area contributed by atoms with Crippen molar-refractivity contribution in [2.75, 3.05) is 12.0 Å². The predicted molar refractivity (Wildman–Crippen MR) is 123 cm³/mol. The second kappa shape index (κ2) is 7.93. The fraction of sp³-hybridized carbons (Fsp3) is 0.185. The largest absolute Gasteiger partial charge is 0.497 e. The van der Waals surface area contributed by atoms with Gasteiger partial charge in [0.2, 0.25) is 0 Å². The lowest BCUT2D eigenvalue weighted by Crippen LogP contribution is -2.44. The summed E-state index contributed by atoms with van der Waals surface area (Å²) < 4.78 is 5.24. The fourth-order valence-corrected chi connectivity index (χ4v) is 5.09. The van der Waals surface area contributed by atoms with E-state index in [0.717, 1.165) is 11.3 Å². The normalized spacial score (nSPS) is 21.9. The summed E-state index contributed by atoms with van der Waals surface area (Å²) in [5, 5.41) is 20.8. The molecule has 6 heteroatoms. The van der Waals surface area contributed by atoms with Gasteiger partial charge in [0.25, 0.3) is 0 Å². The molecule has 0 radical (unpaired) electrons. The number of aromatic nitrogens is 1. The quantitative estimate of drug-likeness (QED) is 0.569. The number of ketones is 1. The van der Waals surface area contributed by atoms with E-state index in [0.29, 0.717) is 16.9 Å². The number of nitrogens with zero attached hydrogens (tertiary/aromatic N) is 4. The van der Waals surface area contributed by atoms with Crippen LogP contribution in [0.2, 0.25) is 0 Å². The Hall–Kier alpha value is -4.42. The number of methoxy groups -OCH3 is 1. The molecule has 160 valence electrons. The third-order valence-electron chi connectivity index (χ3n) is 6.60. The molecular weight excluding hydrogens is 412 g/mol. The van der Waals surface area contributed by atoms with Gasteiger partial charge in [0.05, 0.1) is 25.3 Å². The Morgan fingerprint density at radius 2 is 1.82 bits per heavy atom. The summed E-state index contributed by atoms with van der Waals surface area (Å²) in [5.41, 5.74) is 1.48. The Morgan fingerprint density at radius 3 is 2.48 bits per heavy atom. The minimum Gasteiger partial charge on any atom is -0.497 e. The number of para-hydroxylation sites is 1. The monoisotopic (exact) mass is 432 g/mol. The maximum absolute atomic E-state index is 14.1. The van der Waals surface area contributed by atoms with Crippen LogP contribution in [-0.4, -0.2) is 30.0 Å². The molecule has 3 heterocycles. The summed E-state index contributed by atoms with van der Waals surface area (Å²) >= 11 is 0. The second-order valence-corrected chi connectivity index (χ2v) is 8.16. The highest BCUT2D eigenvalue weighted by Gasteiger charge is 2.63. The van der Waals surface area contributed by atoms with Crippen molar-refractivity contribution in [3.8, 4) is 17.9 Å². The van der Waals surface area contributed by atoms with E-state index in [1.165, 1.54) is 0 Å². The highest BCUT2D eigenvalue weighted by atomic mass is 16.5. The summed E-state index contributed by atoms with van der Waals surface area (Å²) in [6.07, 6.45) is 7.10. The Morgan fingerprint density at radius 1 is 1.06 bits per heavy atom. The van der Waals surface area contributed by atoms with Gasteiger partial charge in [-0.05, 0) is 47.5 Å². The highest BCUT2D eigenvalue weighted by Crippen LogP contribution is 2.55. The summed E-state index contributed by atoms with van der Waals surface area (Å²) in [5.74, 6) is -0.208. The molecule has 1 saturated heterocycles. The standard InChI is InChI=1S/C27H20N4O2/c1-33-21-11-8-19(9-12-21)26(32)25-24(20-6-4-14-30-15-20)27(16-28,17-29)23-13-10-18-5-2-3-7-22(18)31(23)25/h2-15,23-25H,1H3. The van der Waals surface area contributed by atoms with Gasteiger partial charge in [-0.25, -0.2) is 0 Å². The molecule has 0 N–H and O–H groups in total. The SMILES string of the molecule is COc1ccc(C(=O)C2C(c3cccnc3)C(C#N)(C#N)C3C=Cc4ccccc4N23)cc1. The lowest BCUT2D eigenvalue weighted by atomic mass is 9.69. The summed E-state index contributed by atoms with van der Waals surface area (Å²) in [4.78, 5) is 20.3. The van der Waals surface area contributed by atoms with Crippen molar-refractivity contribution >= 4 is 17.5 Å². The van der Waals surface area contributed by atoms with Crippen molar-refractivity contribution in [3.05, 3.63) is 95.8 Å². The predicted octanol–water partition coefficient (Wildman–Crippen LogP) is 4.37. The van der Waals surface area contributed by atoms with Crippen LogP contribution >= 0.6 is 0 Å². The Labute approximate surface area is 192 Å². The van der Waals surface area contributed by atoms with Crippen LogP contribution in [0.5, 0.6) is 5.75 Å². The number of carbonyl (C=O) groups excluding carboxylic acids is 1. The van der Waals surface area contributed by atoms with Crippen LogP contribution in [0, 0.1) is 28.1 Å². The maximum atomic E-state index is 14.1. The Bertz CT molecular complexity index is 1300. The van der Waals surface area contributed by atoms with Gasteiger partial charge in [-0.3, -0.25) is 9.78 Å². The molecular formula is C27H20N4O2. The van der Waals surface area contributed by atoms with E-state index in [1.807, 2.05) is 47.4 Å². The summed E-state index contributed by atoms with van der Waals surface area (Å²) in [6, 6.07) is 21.5. The van der Waals surface area contributed by atoms with Crippen LogP contribution in [0.15, 0.2) is 79.1 Å². The number of nitriles is 2. The molecule has 0 aliphatic carbocycles. The minimum atomic E-state index is -1.47. The van der Waals surface area contributed by atoms with E-state index in [4.69, 9.17) is 4.74 Å². The van der Waals surface area contributed by atoms with Gasteiger partial charge in [-0.1, -0.05) is 36.4 Å². The van der Waals surface area contributed by atoms with Crippen LogP contribution in [0.25, 0.3) is 6.08 Å². The fourth-order valence-electron chi connectivity index (χ4n) is 5.09. The number of carbonyl (C=O) groups is 1. The van der Waals surface area contributed by atoms with Crippen molar-refractivity contribution in [2.45, 2.75) is 18.0 Å². The van der Waals surface area contributed by atoms with E-state index < -0.39 is 23.4 Å². The van der Waals surface area contributed by atoms with E-state index in [2.05, 4.69) is 17.1 Å². The Balaban J connectivity index is 1.75. The number of hydrogen-bond donors (Lipinski definition) is 0. The zero-order valence-corrected chi connectivity index (χ0v) is 17.9. The first-order valence-electron chi connectivity index (χ1n) is 10.6. The number of Topliss-reactive ketones (excluding diaryl/α,β-unsaturated/α-hetero) is 1. The number of hydrogen-bond acceptors (Lipinski definition) is 6. The number of ether oxygens (including phenoxy) is 1. The molecule has 2 aromatic carbocycles. The van der Waals surface area contributed by atoms with Crippen molar-refractivity contribution in [2.24, 2.45) is 5.41 Å². The van der Waals surface area contributed by atoms with Gasteiger partial charge in [-0.2, -0.15) is 10.5 Å². The zero-order valence-electron chi connectivity index (χ0n) is 17.9. The highest BCUT2D eigenvalue weighted by molar-refractivity contribution is 6.04. The third kappa shape index (κ3) is 3.00. The first-order valence-corrected chi connectivity index (χ1v) is 10.6. The molecule has 2 aliphatic rings. The number of anilines is 1. The van der Waals surface area contributed by atoms with E-state index in [9.17, 15) is 15.3 Å². The minimum absolute atomic E-state index is 0.158. The topological polar surface area (TPSA) is 90.0 Å². The molecule has 1 aromatic heterocycles. The summed E-state index contributed by atoms with van der Waals surface area (Å²) in [6.45, 7) is 0. The number of fused-ring (bicyclic) bond motifs is 3. The molecule has 1 fully saturated rings. The van der Waals surface area contributed by atoms with Gasteiger partial charge in [0.1, 0.15) is 11.8 Å². The molecule has 33 heavy (non-hydrogen) atoms. The first-order chi connectivity index (χ1) is 16.1. The van der Waals surface area contributed by atoms with Gasteiger partial charge >= 0.3 is 0 Å². The average Bonchev–Trinajstić information content (AvgIpc) is 3.20. The molecule has 0 amide bonds. The van der Waals surface area contributed by atoms with Gasteiger partial charge < -0.3 is 9.64 Å². The molecule has 3 unspecified atom stereocenters. The second-order valence-electron chi connectivity index (χ2n) is 8.16. The molecule has 5 rings (SSSR count). The van der Waals surface area contributed by atoms with Crippen molar-refractivity contribution in [1.82, 2.24) is 4.98 Å². The van der Waals surface area contributed by atoms with Gasteiger partial charge in [0.15, 0.2) is 11.2 Å². The first kappa shape index (κ1) is 20.5. The van der Waals surface area contributed by atoms with E-state index in [-0.39, 0.29) is 5.78 Å². The third-order valence-corrected chi connectivity index (χ3v) is 6.60. The van der Waals surface area contributed by atoms with Crippen molar-refractivity contribution in [3.63, 3.8) is 0 Å². The van der Waals surface area contributed by atoms with Crippen LogP contribution in [0.1, 0.15) is 27.4 Å². The summed E-state index contributed by atoms with van der Waals surface area (Å²) in [7, 11) is 1.57. The molecule has 0 bridgehead atoms. The van der Waals surface area contributed by atoms with E-state index in [1.54, 1.807) is 49.8 Å². The zero-order chi connectivity index (χ0) is 23.0. The van der Waals surface area contributed by atoms with Crippen LogP contribution in [0.4, 0.5) is 5.69 Å². The lowest BCUT2D eigenvalue weighted by Gasteiger charge is -2.35. The van der Waals surface area contributed by atoms with Gasteiger partial charge in [0, 0.05) is 29.6 Å². The van der Waals surface area contributed by atoms with Crippen molar-refractivity contribution < 1.29 is 9.53 Å². The molecule has 3 atom stereocenters. The Kier molecular flexibility index (Phi) is 4.92. The average molecular weight is 432 g/mol. The van der Waals surface area contributed by atoms with Gasteiger partial charge in [-0.15, -0.1) is 0 Å². The number of benzene rings is 2. The van der Waals surface area contributed by atoms with Crippen LogP contribution < -0.4 is 9.64 Å². The maximum Gasteiger partial charge on any atom is 0.185 e. The molecule has 6 nitrogen and oxygen atoms in total. The number of pyridine rings is 1. The molecule has 2 aliphatic heterocycles. The number of rotatable bonds is 4. The van der Waals surface area contributed by atoms with Crippen LogP contribution in [0.3, 0.4) is 0 Å².